The molecule has 0 saturated heterocycles. The van der Waals surface area contributed by atoms with Crippen LogP contribution in [0.4, 0.5) is 21.4 Å². The van der Waals surface area contributed by atoms with Crippen LogP contribution in [0.1, 0.15) is 4.88 Å². The lowest BCUT2D eigenvalue weighted by atomic mass is 10.3. The summed E-state index contributed by atoms with van der Waals surface area (Å²) in [6.45, 7) is 0.660. The molecule has 13 nitrogen and oxygen atoms in total. The number of nitrogens with zero attached hydrogens (tertiary/aromatic N) is 9. The number of aryl methyl sites for hydroxylation is 2. The van der Waals surface area contributed by atoms with Crippen molar-refractivity contribution in [3.05, 3.63) is 70.6 Å². The predicted molar refractivity (Wildman–Crippen MR) is 156 cm³/mol. The molecule has 0 spiro atoms. The minimum Gasteiger partial charge on any atom is -0.368 e. The molecule has 0 aliphatic rings. The van der Waals surface area contributed by atoms with Crippen molar-refractivity contribution >= 4 is 79.3 Å². The highest BCUT2D eigenvalue weighted by atomic mass is 35.5. The molecule has 1 aromatic carbocycles. The summed E-state index contributed by atoms with van der Waals surface area (Å²) in [5, 5.41) is 18.5. The van der Waals surface area contributed by atoms with E-state index in [9.17, 15) is 4.79 Å². The molecule has 6 rings (SSSR count). The van der Waals surface area contributed by atoms with Crippen molar-refractivity contribution in [2.24, 2.45) is 14.1 Å². The maximum absolute atomic E-state index is 12.1. The summed E-state index contributed by atoms with van der Waals surface area (Å²) in [6, 6.07) is 6.57. The highest BCUT2D eigenvalue weighted by Crippen LogP contribution is 2.21. The second kappa shape index (κ2) is 12.2. The van der Waals surface area contributed by atoms with E-state index >= 15 is 0 Å². The van der Waals surface area contributed by atoms with E-state index in [-0.39, 0.29) is 6.03 Å². The lowest BCUT2D eigenvalue weighted by molar-refractivity contribution is 0.262. The number of aromatic nitrogens is 9. The van der Waals surface area contributed by atoms with Crippen molar-refractivity contribution in [2.75, 3.05) is 22.5 Å². The van der Waals surface area contributed by atoms with E-state index in [1.54, 1.807) is 59.3 Å². The fourth-order valence-electron chi connectivity index (χ4n) is 3.71. The Labute approximate surface area is 241 Å². The van der Waals surface area contributed by atoms with E-state index < -0.39 is 0 Å². The van der Waals surface area contributed by atoms with Crippen LogP contribution in [0.3, 0.4) is 0 Å². The van der Waals surface area contributed by atoms with Crippen LogP contribution >= 0.6 is 34.5 Å². The largest absolute Gasteiger partial charge is 0.368 e. The van der Waals surface area contributed by atoms with Crippen molar-refractivity contribution in [1.29, 1.82) is 0 Å². The predicted octanol–water partition coefficient (Wildman–Crippen LogP) is 4.79. The Morgan fingerprint density at radius 2 is 1.62 bits per heavy atom. The average Bonchev–Trinajstić information content (AvgIpc) is 3.64. The van der Waals surface area contributed by atoms with Crippen LogP contribution in [0, 0.1) is 0 Å². The number of nitrogens with one attached hydrogen (secondary N) is 3. The number of halogens is 2. The van der Waals surface area contributed by atoms with Gasteiger partial charge in [0, 0.05) is 48.8 Å². The summed E-state index contributed by atoms with van der Waals surface area (Å²) < 4.78 is 3.39. The SMILES string of the molecule is Cn1ncc2ncnc(Cl)c21.Cn1ncc2ncnc(NCCc3cnc(NC(=O)Nc4cccc(Cl)c4)s3)c21. The normalized spacial score (nSPS) is 10.8. The molecule has 0 aliphatic heterocycles. The average molecular weight is 597 g/mol. The van der Waals surface area contributed by atoms with Crippen LogP contribution < -0.4 is 16.0 Å². The van der Waals surface area contributed by atoms with Gasteiger partial charge in [-0.1, -0.05) is 29.3 Å². The number of anilines is 3. The van der Waals surface area contributed by atoms with Gasteiger partial charge >= 0.3 is 6.03 Å². The maximum atomic E-state index is 12.1. The van der Waals surface area contributed by atoms with E-state index in [4.69, 9.17) is 23.2 Å². The molecule has 0 radical (unpaired) electrons. The van der Waals surface area contributed by atoms with E-state index in [0.29, 0.717) is 27.5 Å². The number of rotatable bonds is 6. The van der Waals surface area contributed by atoms with Gasteiger partial charge in [0.15, 0.2) is 16.1 Å². The van der Waals surface area contributed by atoms with E-state index in [2.05, 4.69) is 51.1 Å². The van der Waals surface area contributed by atoms with Gasteiger partial charge in [-0.15, -0.1) is 11.3 Å². The van der Waals surface area contributed by atoms with Crippen LogP contribution in [0.15, 0.2) is 55.5 Å². The quantitative estimate of drug-likeness (QED) is 0.230. The molecule has 16 heteroatoms. The molecule has 0 unspecified atom stereocenters. The summed E-state index contributed by atoms with van der Waals surface area (Å²) in [7, 11) is 3.66. The molecule has 0 aliphatic carbocycles. The Balaban J connectivity index is 0.000000244. The summed E-state index contributed by atoms with van der Waals surface area (Å²) in [5.41, 5.74) is 3.81. The summed E-state index contributed by atoms with van der Waals surface area (Å²) in [6.07, 6.45) is 8.78. The first kappa shape index (κ1) is 27.2. The number of hydrogen-bond acceptors (Lipinski definition) is 10. The van der Waals surface area contributed by atoms with Crippen LogP contribution in [-0.2, 0) is 20.5 Å². The molecule has 2 amide bonds. The van der Waals surface area contributed by atoms with Crippen LogP contribution in [0.5, 0.6) is 0 Å². The maximum Gasteiger partial charge on any atom is 0.325 e. The summed E-state index contributed by atoms with van der Waals surface area (Å²) in [4.78, 5) is 33.7. The number of fused-ring (bicyclic) bond motifs is 2. The van der Waals surface area contributed by atoms with Crippen molar-refractivity contribution in [2.45, 2.75) is 6.42 Å². The number of amides is 2. The molecule has 0 atom stereocenters. The fourth-order valence-corrected chi connectivity index (χ4v) is 4.97. The number of thiazole rings is 1. The topological polar surface area (TPSA) is 153 Å². The molecule has 5 aromatic heterocycles. The molecular formula is C24H22Cl2N12OS. The van der Waals surface area contributed by atoms with Crippen LogP contribution in [0.2, 0.25) is 10.2 Å². The minimum atomic E-state index is -0.370. The number of carbonyl (C=O) groups is 1. The molecule has 40 heavy (non-hydrogen) atoms. The van der Waals surface area contributed by atoms with Gasteiger partial charge in [-0.25, -0.2) is 29.7 Å². The molecule has 0 bridgehead atoms. The lowest BCUT2D eigenvalue weighted by Gasteiger charge is -2.06. The third-order valence-electron chi connectivity index (χ3n) is 5.53. The van der Waals surface area contributed by atoms with Crippen molar-refractivity contribution < 1.29 is 4.79 Å². The molecule has 3 N–H and O–H groups in total. The first-order valence-electron chi connectivity index (χ1n) is 11.8. The Bertz CT molecular complexity index is 1780. The van der Waals surface area contributed by atoms with Crippen molar-refractivity contribution in [1.82, 2.24) is 44.5 Å². The first-order valence-corrected chi connectivity index (χ1v) is 13.4. The van der Waals surface area contributed by atoms with Gasteiger partial charge in [-0.05, 0) is 18.2 Å². The van der Waals surface area contributed by atoms with Crippen LogP contribution in [-0.4, -0.2) is 57.1 Å². The van der Waals surface area contributed by atoms with Crippen molar-refractivity contribution in [3.63, 3.8) is 0 Å². The van der Waals surface area contributed by atoms with Crippen molar-refractivity contribution in [3.8, 4) is 0 Å². The third kappa shape index (κ3) is 6.42. The Morgan fingerprint density at radius 3 is 2.38 bits per heavy atom. The second-order valence-electron chi connectivity index (χ2n) is 8.29. The zero-order chi connectivity index (χ0) is 28.1. The smallest absolute Gasteiger partial charge is 0.325 e. The number of benzene rings is 1. The number of carbonyl (C=O) groups excluding carboxylic acids is 1. The zero-order valence-corrected chi connectivity index (χ0v) is 23.5. The van der Waals surface area contributed by atoms with Gasteiger partial charge in [-0.3, -0.25) is 14.7 Å². The first-order chi connectivity index (χ1) is 19.4. The van der Waals surface area contributed by atoms with Gasteiger partial charge in [0.25, 0.3) is 0 Å². The van der Waals surface area contributed by atoms with E-state index in [0.717, 1.165) is 39.2 Å². The minimum absolute atomic E-state index is 0.370. The van der Waals surface area contributed by atoms with Gasteiger partial charge < -0.3 is 10.6 Å². The highest BCUT2D eigenvalue weighted by Gasteiger charge is 2.10. The Kier molecular flexibility index (Phi) is 8.28. The standard InChI is InChI=1S/C18H17ClN8OS.C6H5ClN4/c1-27-15-14(9-24-27)22-10-23-16(15)20-6-5-13-8-21-18(29-13)26-17(28)25-12-4-2-3-11(19)7-12;1-11-5-4(2-10-11)8-3-9-6(5)7/h2-4,7-10H,5-6H2,1H3,(H,20,22,23)(H2,21,25,26,28);2-3H,1H3. The molecule has 0 saturated carbocycles. The van der Waals surface area contributed by atoms with Gasteiger partial charge in [0.1, 0.15) is 34.7 Å². The van der Waals surface area contributed by atoms with Gasteiger partial charge in [-0.2, -0.15) is 10.2 Å². The third-order valence-corrected chi connectivity index (χ3v) is 7.01. The second-order valence-corrected chi connectivity index (χ2v) is 10.2. The molecule has 6 aromatic rings. The number of urea groups is 1. The van der Waals surface area contributed by atoms with Crippen LogP contribution in [0.25, 0.3) is 22.1 Å². The van der Waals surface area contributed by atoms with E-state index in [1.165, 1.54) is 24.0 Å². The molecule has 204 valence electrons. The summed E-state index contributed by atoms with van der Waals surface area (Å²) in [5.74, 6) is 0.735. The highest BCUT2D eigenvalue weighted by molar-refractivity contribution is 7.15. The molecule has 5 heterocycles. The molecular weight excluding hydrogens is 575 g/mol. The van der Waals surface area contributed by atoms with Gasteiger partial charge in [0.2, 0.25) is 0 Å². The lowest BCUT2D eigenvalue weighted by Crippen LogP contribution is -2.19. The van der Waals surface area contributed by atoms with E-state index in [1.807, 2.05) is 7.05 Å². The Morgan fingerprint density at radius 1 is 0.900 bits per heavy atom. The monoisotopic (exact) mass is 596 g/mol. The zero-order valence-electron chi connectivity index (χ0n) is 21.2. The number of hydrogen-bond donors (Lipinski definition) is 3. The Hall–Kier alpha value is -4.40. The summed E-state index contributed by atoms with van der Waals surface area (Å²) >= 11 is 13.1. The fraction of sp³-hybridized carbons (Fsp3) is 0.167. The molecule has 0 fully saturated rings. The van der Waals surface area contributed by atoms with Gasteiger partial charge in [0.05, 0.1) is 12.4 Å².